The van der Waals surface area contributed by atoms with Crippen molar-refractivity contribution in [3.63, 3.8) is 0 Å². The van der Waals surface area contributed by atoms with Crippen LogP contribution in [0.4, 0.5) is 11.6 Å². The number of methoxy groups -OCH3 is 2. The smallest absolute Gasteiger partial charge is 0.165 e. The second kappa shape index (κ2) is 7.15. The lowest BCUT2D eigenvalue weighted by atomic mass is 10.1. The summed E-state index contributed by atoms with van der Waals surface area (Å²) in [5.74, 6) is 2.73. The summed E-state index contributed by atoms with van der Waals surface area (Å²) in [7, 11) is 3.24. The molecule has 3 aromatic heterocycles. The fourth-order valence-corrected chi connectivity index (χ4v) is 3.16. The van der Waals surface area contributed by atoms with Crippen LogP contribution in [0.2, 0.25) is 0 Å². The van der Waals surface area contributed by atoms with Crippen LogP contribution in [0.1, 0.15) is 11.4 Å². The predicted molar refractivity (Wildman–Crippen MR) is 106 cm³/mol. The van der Waals surface area contributed by atoms with Crippen LogP contribution >= 0.6 is 0 Å². The van der Waals surface area contributed by atoms with E-state index in [2.05, 4.69) is 15.3 Å². The number of aromatic nitrogens is 5. The summed E-state index contributed by atoms with van der Waals surface area (Å²) in [5, 5.41) is 7.96. The minimum atomic E-state index is 0.634. The number of anilines is 2. The molecule has 8 heteroatoms. The van der Waals surface area contributed by atoms with Gasteiger partial charge in [-0.05, 0) is 31.5 Å². The first-order valence-corrected chi connectivity index (χ1v) is 8.73. The van der Waals surface area contributed by atoms with E-state index in [1.807, 2.05) is 38.1 Å². The fourth-order valence-electron chi connectivity index (χ4n) is 3.16. The molecular formula is C20H20N6O2. The lowest BCUT2D eigenvalue weighted by Gasteiger charge is -2.10. The molecule has 0 aliphatic carbocycles. The van der Waals surface area contributed by atoms with Gasteiger partial charge in [-0.15, -0.1) is 0 Å². The Morgan fingerprint density at radius 1 is 1.00 bits per heavy atom. The number of rotatable bonds is 5. The maximum absolute atomic E-state index is 5.45. The van der Waals surface area contributed by atoms with Crippen LogP contribution in [0.15, 0.2) is 42.9 Å². The average Bonchev–Trinajstić information content (AvgIpc) is 3.04. The van der Waals surface area contributed by atoms with Crippen molar-refractivity contribution >= 4 is 17.3 Å². The second-order valence-electron chi connectivity index (χ2n) is 6.26. The number of hydrogen-bond donors (Lipinski definition) is 1. The van der Waals surface area contributed by atoms with Crippen LogP contribution in [0.25, 0.3) is 16.8 Å². The van der Waals surface area contributed by atoms with E-state index < -0.39 is 0 Å². The third-order valence-corrected chi connectivity index (χ3v) is 4.38. The largest absolute Gasteiger partial charge is 0.493 e. The number of ether oxygens (including phenoxy) is 2. The molecule has 0 saturated heterocycles. The molecule has 8 nitrogen and oxygen atoms in total. The zero-order chi connectivity index (χ0) is 19.7. The minimum absolute atomic E-state index is 0.634. The average molecular weight is 376 g/mol. The summed E-state index contributed by atoms with van der Waals surface area (Å²) in [5.41, 5.74) is 4.35. The Bertz CT molecular complexity index is 1140. The molecule has 3 heterocycles. The van der Waals surface area contributed by atoms with E-state index in [4.69, 9.17) is 19.6 Å². The van der Waals surface area contributed by atoms with Gasteiger partial charge in [0.1, 0.15) is 11.6 Å². The number of fused-ring (bicyclic) bond motifs is 1. The zero-order valence-corrected chi connectivity index (χ0v) is 16.1. The molecule has 4 aromatic rings. The highest BCUT2D eigenvalue weighted by molar-refractivity contribution is 5.82. The van der Waals surface area contributed by atoms with E-state index in [1.54, 1.807) is 37.3 Å². The highest BCUT2D eigenvalue weighted by Gasteiger charge is 2.18. The topological polar surface area (TPSA) is 86.5 Å². The molecule has 0 saturated carbocycles. The fraction of sp³-hybridized carbons (Fsp3) is 0.200. The van der Waals surface area contributed by atoms with E-state index in [1.165, 1.54) is 0 Å². The van der Waals surface area contributed by atoms with Gasteiger partial charge in [-0.25, -0.2) is 9.97 Å². The van der Waals surface area contributed by atoms with Gasteiger partial charge in [0.15, 0.2) is 17.1 Å². The Kier molecular flexibility index (Phi) is 4.52. The van der Waals surface area contributed by atoms with Crippen LogP contribution in [0.5, 0.6) is 11.5 Å². The molecule has 0 atom stereocenters. The monoisotopic (exact) mass is 376 g/mol. The van der Waals surface area contributed by atoms with Crippen molar-refractivity contribution in [2.75, 3.05) is 19.5 Å². The van der Waals surface area contributed by atoms with Gasteiger partial charge >= 0.3 is 0 Å². The van der Waals surface area contributed by atoms with Gasteiger partial charge < -0.3 is 14.8 Å². The van der Waals surface area contributed by atoms with Crippen LogP contribution in [0.3, 0.4) is 0 Å². The van der Waals surface area contributed by atoms with Crippen molar-refractivity contribution in [2.45, 2.75) is 13.8 Å². The Labute approximate surface area is 162 Å². The third kappa shape index (κ3) is 3.09. The van der Waals surface area contributed by atoms with E-state index in [0.717, 1.165) is 34.0 Å². The van der Waals surface area contributed by atoms with Crippen LogP contribution in [-0.2, 0) is 0 Å². The summed E-state index contributed by atoms with van der Waals surface area (Å²) in [6, 6.07) is 7.71. The summed E-state index contributed by atoms with van der Waals surface area (Å²) in [4.78, 5) is 13.1. The van der Waals surface area contributed by atoms with Crippen molar-refractivity contribution < 1.29 is 9.47 Å². The minimum Gasteiger partial charge on any atom is -0.493 e. The molecule has 1 aromatic carbocycles. The van der Waals surface area contributed by atoms with Crippen LogP contribution in [0, 0.1) is 13.8 Å². The van der Waals surface area contributed by atoms with E-state index >= 15 is 0 Å². The van der Waals surface area contributed by atoms with Crippen molar-refractivity contribution in [1.29, 1.82) is 0 Å². The van der Waals surface area contributed by atoms with Gasteiger partial charge in [-0.3, -0.25) is 4.98 Å². The maximum Gasteiger partial charge on any atom is 0.165 e. The molecule has 0 fully saturated rings. The molecule has 0 amide bonds. The van der Waals surface area contributed by atoms with Crippen molar-refractivity contribution in [1.82, 2.24) is 24.6 Å². The Morgan fingerprint density at radius 3 is 2.54 bits per heavy atom. The van der Waals surface area contributed by atoms with Crippen LogP contribution < -0.4 is 14.8 Å². The highest BCUT2D eigenvalue weighted by atomic mass is 16.5. The number of nitrogens with one attached hydrogen (secondary N) is 1. The molecule has 0 unspecified atom stereocenters. The molecule has 0 aliphatic rings. The molecule has 0 spiro atoms. The van der Waals surface area contributed by atoms with Gasteiger partial charge in [0.05, 0.1) is 26.1 Å². The molecule has 0 aliphatic heterocycles. The quantitative estimate of drug-likeness (QED) is 0.570. The number of nitrogens with zero attached hydrogens (tertiary/aromatic N) is 5. The number of hydrogen-bond acceptors (Lipinski definition) is 7. The second-order valence-corrected chi connectivity index (χ2v) is 6.26. The third-order valence-electron chi connectivity index (χ3n) is 4.38. The van der Waals surface area contributed by atoms with E-state index in [0.29, 0.717) is 17.3 Å². The molecule has 0 bridgehead atoms. The first kappa shape index (κ1) is 17.7. The lowest BCUT2D eigenvalue weighted by Crippen LogP contribution is -2.03. The van der Waals surface area contributed by atoms with Gasteiger partial charge in [0.25, 0.3) is 0 Å². The van der Waals surface area contributed by atoms with Crippen LogP contribution in [-0.4, -0.2) is 38.8 Å². The van der Waals surface area contributed by atoms with Gasteiger partial charge in [-0.1, -0.05) is 6.07 Å². The molecule has 4 rings (SSSR count). The SMILES string of the molecule is COc1ccc(-c2c(C)nn3c(Nc4cnccn4)cc(C)nc23)cc1OC. The predicted octanol–water partition coefficient (Wildman–Crippen LogP) is 3.56. The van der Waals surface area contributed by atoms with E-state index in [9.17, 15) is 0 Å². The van der Waals surface area contributed by atoms with Crippen molar-refractivity contribution in [2.24, 2.45) is 0 Å². The molecule has 142 valence electrons. The normalized spacial score (nSPS) is 10.9. The summed E-state index contributed by atoms with van der Waals surface area (Å²) < 4.78 is 12.6. The van der Waals surface area contributed by atoms with Gasteiger partial charge in [-0.2, -0.15) is 9.61 Å². The first-order chi connectivity index (χ1) is 13.6. The summed E-state index contributed by atoms with van der Waals surface area (Å²) >= 11 is 0. The number of benzene rings is 1. The van der Waals surface area contributed by atoms with Gasteiger partial charge in [0.2, 0.25) is 0 Å². The van der Waals surface area contributed by atoms with E-state index in [-0.39, 0.29) is 0 Å². The Morgan fingerprint density at radius 2 is 1.82 bits per heavy atom. The van der Waals surface area contributed by atoms with Crippen molar-refractivity contribution in [3.05, 3.63) is 54.2 Å². The summed E-state index contributed by atoms with van der Waals surface area (Å²) in [6.07, 6.45) is 4.93. The Balaban J connectivity index is 1.88. The highest BCUT2D eigenvalue weighted by Crippen LogP contribution is 2.36. The van der Waals surface area contributed by atoms with Crippen molar-refractivity contribution in [3.8, 4) is 22.6 Å². The summed E-state index contributed by atoms with van der Waals surface area (Å²) in [6.45, 7) is 3.91. The maximum atomic E-state index is 5.45. The molecule has 0 radical (unpaired) electrons. The number of aryl methyl sites for hydroxylation is 2. The lowest BCUT2D eigenvalue weighted by molar-refractivity contribution is 0.355. The molecular weight excluding hydrogens is 356 g/mol. The zero-order valence-electron chi connectivity index (χ0n) is 16.1. The Hall–Kier alpha value is -3.68. The molecule has 1 N–H and O–H groups in total. The first-order valence-electron chi connectivity index (χ1n) is 8.73. The standard InChI is InChI=1S/C20H20N6O2/c1-12-9-18(24-17-11-21-7-8-22-17)26-20(23-12)19(13(2)25-26)14-5-6-15(27-3)16(10-14)28-4/h5-11H,1-4H3,(H,22,24). The van der Waals surface area contributed by atoms with Gasteiger partial charge in [0, 0.05) is 29.7 Å². The molecule has 28 heavy (non-hydrogen) atoms.